The summed E-state index contributed by atoms with van der Waals surface area (Å²) in [5.41, 5.74) is 7.59. The number of halogens is 2. The van der Waals surface area contributed by atoms with Gasteiger partial charge >= 0.3 is 0 Å². The van der Waals surface area contributed by atoms with Crippen LogP contribution in [-0.4, -0.2) is 5.91 Å². The minimum absolute atomic E-state index is 0.338. The van der Waals surface area contributed by atoms with Gasteiger partial charge < -0.3 is 10.5 Å². The summed E-state index contributed by atoms with van der Waals surface area (Å²) in [6.45, 7) is 2.23. The lowest BCUT2D eigenvalue weighted by Gasteiger charge is -2.11. The molecule has 2 aromatic rings. The van der Waals surface area contributed by atoms with E-state index < -0.39 is 5.91 Å². The highest BCUT2D eigenvalue weighted by atomic mass is 35.5. The van der Waals surface area contributed by atoms with E-state index in [9.17, 15) is 4.79 Å². The molecule has 0 saturated heterocycles. The number of carbonyl (C=O) groups excluding carboxylic acids is 1. The molecule has 0 atom stereocenters. The molecule has 0 bridgehead atoms. The first-order chi connectivity index (χ1) is 9.47. The number of benzene rings is 2. The van der Waals surface area contributed by atoms with Crippen LogP contribution in [0.4, 0.5) is 0 Å². The number of nitrogens with two attached hydrogens (primary N) is 1. The number of amides is 1. The maximum absolute atomic E-state index is 11.1. The third kappa shape index (κ3) is 3.44. The number of carbonyl (C=O) groups is 1. The summed E-state index contributed by atoms with van der Waals surface area (Å²) in [7, 11) is 0. The van der Waals surface area contributed by atoms with Crippen molar-refractivity contribution in [1.82, 2.24) is 0 Å². The highest BCUT2D eigenvalue weighted by Gasteiger charge is 2.07. The monoisotopic (exact) mass is 309 g/mol. The Hall–Kier alpha value is -1.71. The Morgan fingerprint density at radius 2 is 1.95 bits per heavy atom. The summed E-state index contributed by atoms with van der Waals surface area (Å²) in [5, 5.41) is 1.06. The fourth-order valence-corrected chi connectivity index (χ4v) is 2.09. The van der Waals surface area contributed by atoms with E-state index >= 15 is 0 Å². The summed E-state index contributed by atoms with van der Waals surface area (Å²) >= 11 is 11.9. The van der Waals surface area contributed by atoms with Gasteiger partial charge in [-0.1, -0.05) is 29.3 Å². The third-order valence-electron chi connectivity index (χ3n) is 2.90. The maximum atomic E-state index is 11.1. The molecule has 5 heteroatoms. The summed E-state index contributed by atoms with van der Waals surface area (Å²) in [6, 6.07) is 10.3. The molecular formula is C15H13Cl2NO2. The van der Waals surface area contributed by atoms with Gasteiger partial charge in [0.05, 0.1) is 5.02 Å². The van der Waals surface area contributed by atoms with E-state index in [1.165, 1.54) is 0 Å². The highest BCUT2D eigenvalue weighted by molar-refractivity contribution is 6.34. The molecule has 2 aromatic carbocycles. The fraction of sp³-hybridized carbons (Fsp3) is 0.133. The average Bonchev–Trinajstić information content (AvgIpc) is 2.40. The molecule has 20 heavy (non-hydrogen) atoms. The Bertz CT molecular complexity index is 656. The van der Waals surface area contributed by atoms with Gasteiger partial charge in [-0.3, -0.25) is 4.79 Å². The number of ether oxygens (including phenoxy) is 1. The van der Waals surface area contributed by atoms with Crippen molar-refractivity contribution in [2.45, 2.75) is 13.5 Å². The fourth-order valence-electron chi connectivity index (χ4n) is 1.75. The first-order valence-corrected chi connectivity index (χ1v) is 6.70. The molecule has 0 heterocycles. The molecule has 0 saturated carbocycles. The molecule has 2 N–H and O–H groups in total. The molecule has 104 valence electrons. The summed E-state index contributed by atoms with van der Waals surface area (Å²) in [4.78, 5) is 11.1. The van der Waals surface area contributed by atoms with Crippen LogP contribution in [0, 0.1) is 6.92 Å². The average molecular weight is 310 g/mol. The van der Waals surface area contributed by atoms with Gasteiger partial charge in [-0.2, -0.15) is 0 Å². The lowest BCUT2D eigenvalue weighted by molar-refractivity contribution is 0.1000. The zero-order valence-corrected chi connectivity index (χ0v) is 12.3. The number of aryl methyl sites for hydroxylation is 1. The predicted octanol–water partition coefficient (Wildman–Crippen LogP) is 3.98. The van der Waals surface area contributed by atoms with E-state index in [1.54, 1.807) is 30.3 Å². The van der Waals surface area contributed by atoms with Crippen molar-refractivity contribution >= 4 is 29.1 Å². The van der Waals surface area contributed by atoms with Gasteiger partial charge in [0.2, 0.25) is 5.91 Å². The molecule has 0 spiro atoms. The van der Waals surface area contributed by atoms with E-state index in [1.807, 2.05) is 13.0 Å². The zero-order valence-electron chi connectivity index (χ0n) is 10.8. The second kappa shape index (κ2) is 6.16. The lowest BCUT2D eigenvalue weighted by Crippen LogP contribution is -2.11. The smallest absolute Gasteiger partial charge is 0.248 e. The molecule has 3 nitrogen and oxygen atoms in total. The van der Waals surface area contributed by atoms with Crippen molar-refractivity contribution in [2.24, 2.45) is 5.73 Å². The molecule has 0 unspecified atom stereocenters. The first-order valence-electron chi connectivity index (χ1n) is 5.94. The van der Waals surface area contributed by atoms with E-state index in [0.29, 0.717) is 28.0 Å². The van der Waals surface area contributed by atoms with Crippen molar-refractivity contribution in [1.29, 1.82) is 0 Å². The molecule has 1 amide bonds. The van der Waals surface area contributed by atoms with Gasteiger partial charge in [-0.15, -0.1) is 0 Å². The Kier molecular flexibility index (Phi) is 4.53. The minimum Gasteiger partial charge on any atom is -0.487 e. The van der Waals surface area contributed by atoms with Crippen molar-refractivity contribution in [2.75, 3.05) is 0 Å². The maximum Gasteiger partial charge on any atom is 0.248 e. The molecule has 0 aliphatic heterocycles. The molecular weight excluding hydrogens is 297 g/mol. The van der Waals surface area contributed by atoms with Crippen molar-refractivity contribution < 1.29 is 9.53 Å². The molecule has 0 aromatic heterocycles. The van der Waals surface area contributed by atoms with Gasteiger partial charge in [0, 0.05) is 16.7 Å². The van der Waals surface area contributed by atoms with Crippen LogP contribution in [0.1, 0.15) is 21.5 Å². The Labute approximate surface area is 127 Å². The second-order valence-electron chi connectivity index (χ2n) is 4.37. The van der Waals surface area contributed by atoms with Crippen LogP contribution in [0.5, 0.6) is 5.75 Å². The zero-order chi connectivity index (χ0) is 14.7. The third-order valence-corrected chi connectivity index (χ3v) is 3.45. The van der Waals surface area contributed by atoms with E-state index in [4.69, 9.17) is 33.7 Å². The SMILES string of the molecule is Cc1cc(C(N)=O)ccc1COc1cc(Cl)ccc1Cl. The molecule has 0 aliphatic carbocycles. The number of hydrogen-bond donors (Lipinski definition) is 1. The van der Waals surface area contributed by atoms with Crippen LogP contribution in [0.3, 0.4) is 0 Å². The molecule has 0 aliphatic rings. The van der Waals surface area contributed by atoms with Gasteiger partial charge in [0.15, 0.2) is 0 Å². The van der Waals surface area contributed by atoms with Gasteiger partial charge in [-0.05, 0) is 42.3 Å². The minimum atomic E-state index is -0.446. The number of rotatable bonds is 4. The summed E-state index contributed by atoms with van der Waals surface area (Å²) in [6.07, 6.45) is 0. The van der Waals surface area contributed by atoms with Crippen LogP contribution >= 0.6 is 23.2 Å². The molecule has 2 rings (SSSR count). The largest absolute Gasteiger partial charge is 0.487 e. The van der Waals surface area contributed by atoms with Crippen molar-refractivity contribution in [3.8, 4) is 5.75 Å². The summed E-state index contributed by atoms with van der Waals surface area (Å²) in [5.74, 6) is 0.0796. The molecule has 0 fully saturated rings. The number of primary amides is 1. The number of hydrogen-bond acceptors (Lipinski definition) is 2. The summed E-state index contributed by atoms with van der Waals surface area (Å²) < 4.78 is 5.65. The lowest BCUT2D eigenvalue weighted by atomic mass is 10.1. The first kappa shape index (κ1) is 14.7. The van der Waals surface area contributed by atoms with Gasteiger partial charge in [0.1, 0.15) is 12.4 Å². The van der Waals surface area contributed by atoms with Crippen LogP contribution in [0.15, 0.2) is 36.4 Å². The van der Waals surface area contributed by atoms with Gasteiger partial charge in [0.25, 0.3) is 0 Å². The topological polar surface area (TPSA) is 52.3 Å². The van der Waals surface area contributed by atoms with Crippen molar-refractivity contribution in [3.05, 3.63) is 63.1 Å². The Balaban J connectivity index is 2.15. The second-order valence-corrected chi connectivity index (χ2v) is 5.21. The van der Waals surface area contributed by atoms with Crippen LogP contribution < -0.4 is 10.5 Å². The highest BCUT2D eigenvalue weighted by Crippen LogP contribution is 2.28. The molecule has 0 radical (unpaired) electrons. The normalized spacial score (nSPS) is 10.3. The van der Waals surface area contributed by atoms with E-state index in [-0.39, 0.29) is 0 Å². The van der Waals surface area contributed by atoms with Crippen molar-refractivity contribution in [3.63, 3.8) is 0 Å². The Morgan fingerprint density at radius 1 is 1.20 bits per heavy atom. The standard InChI is InChI=1S/C15H13Cl2NO2/c1-9-6-10(15(18)19)2-3-11(9)8-20-14-7-12(16)4-5-13(14)17/h2-7H,8H2,1H3,(H2,18,19). The van der Waals surface area contributed by atoms with Gasteiger partial charge in [-0.25, -0.2) is 0 Å². The van der Waals surface area contributed by atoms with E-state index in [0.717, 1.165) is 11.1 Å². The quantitative estimate of drug-likeness (QED) is 0.928. The van der Waals surface area contributed by atoms with E-state index in [2.05, 4.69) is 0 Å². The Morgan fingerprint density at radius 3 is 2.60 bits per heavy atom. The predicted molar refractivity (Wildman–Crippen MR) is 80.5 cm³/mol. The van der Waals surface area contributed by atoms with Crippen LogP contribution in [-0.2, 0) is 6.61 Å². The van der Waals surface area contributed by atoms with Crippen LogP contribution in [0.25, 0.3) is 0 Å². The van der Waals surface area contributed by atoms with Crippen LogP contribution in [0.2, 0.25) is 10.0 Å².